The molecule has 0 radical (unpaired) electrons. The molecule has 0 saturated heterocycles. The number of hydrogen-bond acceptors (Lipinski definition) is 4. The molecular formula is C13H17N3S. The third-order valence-corrected chi connectivity index (χ3v) is 3.82. The van der Waals surface area contributed by atoms with Crippen molar-refractivity contribution >= 4 is 11.3 Å². The Balaban J connectivity index is 2.20. The number of aryl methyl sites for hydroxylation is 2. The molecule has 90 valence electrons. The topological polar surface area (TPSA) is 37.8 Å². The SMILES string of the molecule is CNC(Cc1nc(C)cs1)c1ccncc1C. The van der Waals surface area contributed by atoms with Crippen LogP contribution in [0.4, 0.5) is 0 Å². The minimum atomic E-state index is 0.309. The summed E-state index contributed by atoms with van der Waals surface area (Å²) in [6.07, 6.45) is 4.69. The maximum Gasteiger partial charge on any atom is 0.0947 e. The van der Waals surface area contributed by atoms with E-state index in [4.69, 9.17) is 0 Å². The molecule has 0 aliphatic carbocycles. The van der Waals surface area contributed by atoms with E-state index in [2.05, 4.69) is 33.7 Å². The zero-order valence-electron chi connectivity index (χ0n) is 10.4. The Morgan fingerprint density at radius 2 is 2.24 bits per heavy atom. The van der Waals surface area contributed by atoms with Crippen molar-refractivity contribution in [1.29, 1.82) is 0 Å². The Bertz CT molecular complexity index is 493. The van der Waals surface area contributed by atoms with Crippen molar-refractivity contribution in [1.82, 2.24) is 15.3 Å². The molecular weight excluding hydrogens is 230 g/mol. The van der Waals surface area contributed by atoms with E-state index in [1.54, 1.807) is 11.3 Å². The summed E-state index contributed by atoms with van der Waals surface area (Å²) in [5.41, 5.74) is 3.63. The summed E-state index contributed by atoms with van der Waals surface area (Å²) in [7, 11) is 1.99. The highest BCUT2D eigenvalue weighted by Crippen LogP contribution is 2.22. The summed E-state index contributed by atoms with van der Waals surface area (Å²) in [5, 5.41) is 6.63. The first-order valence-electron chi connectivity index (χ1n) is 5.69. The lowest BCUT2D eigenvalue weighted by atomic mass is 10.0. The lowest BCUT2D eigenvalue weighted by Crippen LogP contribution is -2.19. The van der Waals surface area contributed by atoms with Gasteiger partial charge in [-0.25, -0.2) is 4.98 Å². The second-order valence-electron chi connectivity index (χ2n) is 4.16. The van der Waals surface area contributed by atoms with Gasteiger partial charge in [-0.2, -0.15) is 0 Å². The lowest BCUT2D eigenvalue weighted by Gasteiger charge is -2.17. The molecule has 17 heavy (non-hydrogen) atoms. The fraction of sp³-hybridized carbons (Fsp3) is 0.385. The van der Waals surface area contributed by atoms with Crippen LogP contribution >= 0.6 is 11.3 Å². The molecule has 0 amide bonds. The largest absolute Gasteiger partial charge is 0.313 e. The van der Waals surface area contributed by atoms with Crippen molar-refractivity contribution in [3.8, 4) is 0 Å². The predicted molar refractivity (Wildman–Crippen MR) is 71.3 cm³/mol. The first-order valence-corrected chi connectivity index (χ1v) is 6.57. The molecule has 2 aromatic rings. The average molecular weight is 247 g/mol. The Kier molecular flexibility index (Phi) is 3.86. The van der Waals surface area contributed by atoms with Gasteiger partial charge in [0.05, 0.1) is 5.01 Å². The molecule has 0 bridgehead atoms. The number of rotatable bonds is 4. The van der Waals surface area contributed by atoms with Crippen molar-refractivity contribution in [3.05, 3.63) is 45.7 Å². The van der Waals surface area contributed by atoms with Crippen LogP contribution in [-0.4, -0.2) is 17.0 Å². The van der Waals surface area contributed by atoms with Crippen LogP contribution in [0.15, 0.2) is 23.8 Å². The van der Waals surface area contributed by atoms with Crippen molar-refractivity contribution in [2.45, 2.75) is 26.3 Å². The summed E-state index contributed by atoms with van der Waals surface area (Å²) in [6, 6.07) is 2.39. The van der Waals surface area contributed by atoms with Gasteiger partial charge in [0.2, 0.25) is 0 Å². The van der Waals surface area contributed by atoms with E-state index in [-0.39, 0.29) is 0 Å². The molecule has 2 heterocycles. The summed E-state index contributed by atoms with van der Waals surface area (Å²) < 4.78 is 0. The summed E-state index contributed by atoms with van der Waals surface area (Å²) in [5.74, 6) is 0. The Hall–Kier alpha value is -1.26. The van der Waals surface area contributed by atoms with Gasteiger partial charge in [-0.1, -0.05) is 0 Å². The van der Waals surface area contributed by atoms with E-state index in [0.717, 1.165) is 12.1 Å². The number of nitrogens with zero attached hydrogens (tertiary/aromatic N) is 2. The molecule has 0 fully saturated rings. The van der Waals surface area contributed by atoms with E-state index in [9.17, 15) is 0 Å². The summed E-state index contributed by atoms with van der Waals surface area (Å²) in [4.78, 5) is 8.65. The molecule has 0 aliphatic rings. The van der Waals surface area contributed by atoms with Crippen molar-refractivity contribution in [2.24, 2.45) is 0 Å². The molecule has 0 spiro atoms. The van der Waals surface area contributed by atoms with E-state index >= 15 is 0 Å². The van der Waals surface area contributed by atoms with Crippen LogP contribution < -0.4 is 5.32 Å². The molecule has 2 aromatic heterocycles. The standard InChI is InChI=1S/C13H17N3S/c1-9-7-15-5-4-11(9)12(14-3)6-13-16-10(2)8-17-13/h4-5,7-8,12,14H,6H2,1-3H3. The van der Waals surface area contributed by atoms with E-state index in [1.165, 1.54) is 16.1 Å². The molecule has 1 N–H and O–H groups in total. The molecule has 1 unspecified atom stereocenters. The van der Waals surface area contributed by atoms with Gasteiger partial charge in [-0.15, -0.1) is 11.3 Å². The maximum atomic E-state index is 4.52. The normalized spacial score (nSPS) is 12.6. The van der Waals surface area contributed by atoms with Gasteiger partial charge < -0.3 is 5.32 Å². The van der Waals surface area contributed by atoms with Gasteiger partial charge in [0.15, 0.2) is 0 Å². The summed E-state index contributed by atoms with van der Waals surface area (Å²) in [6.45, 7) is 4.13. The predicted octanol–water partition coefficient (Wildman–Crippen LogP) is 2.66. The van der Waals surface area contributed by atoms with Gasteiger partial charge in [0.25, 0.3) is 0 Å². The average Bonchev–Trinajstić information content (AvgIpc) is 2.73. The zero-order valence-corrected chi connectivity index (χ0v) is 11.2. The van der Waals surface area contributed by atoms with Crippen molar-refractivity contribution < 1.29 is 0 Å². The van der Waals surface area contributed by atoms with E-state index in [1.807, 2.05) is 26.4 Å². The number of likely N-dealkylation sites (N-methyl/N-ethyl adjacent to an activating group) is 1. The number of nitrogens with one attached hydrogen (secondary N) is 1. The van der Waals surface area contributed by atoms with Gasteiger partial charge in [-0.3, -0.25) is 4.98 Å². The second kappa shape index (κ2) is 5.38. The molecule has 4 heteroatoms. The first kappa shape index (κ1) is 12.2. The van der Waals surface area contributed by atoms with Crippen LogP contribution in [-0.2, 0) is 6.42 Å². The van der Waals surface area contributed by atoms with Crippen LogP contribution in [0.5, 0.6) is 0 Å². The molecule has 0 aliphatic heterocycles. The third-order valence-electron chi connectivity index (χ3n) is 2.83. The van der Waals surface area contributed by atoms with Crippen molar-refractivity contribution in [3.63, 3.8) is 0 Å². The van der Waals surface area contributed by atoms with Crippen LogP contribution in [0.25, 0.3) is 0 Å². The minimum Gasteiger partial charge on any atom is -0.313 e. The quantitative estimate of drug-likeness (QED) is 0.902. The lowest BCUT2D eigenvalue weighted by molar-refractivity contribution is 0.586. The van der Waals surface area contributed by atoms with Crippen LogP contribution in [0.1, 0.15) is 27.9 Å². The molecule has 0 saturated carbocycles. The van der Waals surface area contributed by atoms with E-state index < -0.39 is 0 Å². The van der Waals surface area contributed by atoms with Gasteiger partial charge in [0.1, 0.15) is 0 Å². The highest BCUT2D eigenvalue weighted by atomic mass is 32.1. The third kappa shape index (κ3) is 2.90. The molecule has 1 atom stereocenters. The Morgan fingerprint density at radius 3 is 2.82 bits per heavy atom. The number of thiazole rings is 1. The highest BCUT2D eigenvalue weighted by Gasteiger charge is 2.14. The number of hydrogen-bond donors (Lipinski definition) is 1. The fourth-order valence-corrected chi connectivity index (χ4v) is 2.73. The van der Waals surface area contributed by atoms with Crippen LogP contribution in [0.3, 0.4) is 0 Å². The molecule has 0 aromatic carbocycles. The number of pyridine rings is 1. The highest BCUT2D eigenvalue weighted by molar-refractivity contribution is 7.09. The van der Waals surface area contributed by atoms with Crippen LogP contribution in [0.2, 0.25) is 0 Å². The monoisotopic (exact) mass is 247 g/mol. The maximum absolute atomic E-state index is 4.52. The molecule has 3 nitrogen and oxygen atoms in total. The summed E-state index contributed by atoms with van der Waals surface area (Å²) >= 11 is 1.73. The number of aromatic nitrogens is 2. The zero-order chi connectivity index (χ0) is 12.3. The van der Waals surface area contributed by atoms with E-state index in [0.29, 0.717) is 6.04 Å². The molecule has 2 rings (SSSR count). The Labute approximate surface area is 106 Å². The smallest absolute Gasteiger partial charge is 0.0947 e. The first-order chi connectivity index (χ1) is 8.20. The van der Waals surface area contributed by atoms with Gasteiger partial charge >= 0.3 is 0 Å². The van der Waals surface area contributed by atoms with Crippen LogP contribution in [0, 0.1) is 13.8 Å². The van der Waals surface area contributed by atoms with Gasteiger partial charge in [0, 0.05) is 35.9 Å². The Morgan fingerprint density at radius 1 is 1.41 bits per heavy atom. The van der Waals surface area contributed by atoms with Crippen molar-refractivity contribution in [2.75, 3.05) is 7.05 Å². The minimum absolute atomic E-state index is 0.309. The second-order valence-corrected chi connectivity index (χ2v) is 5.10. The van der Waals surface area contributed by atoms with Gasteiger partial charge in [-0.05, 0) is 38.1 Å². The fourth-order valence-electron chi connectivity index (χ4n) is 1.91.